The monoisotopic (exact) mass is 388 g/mol. The third-order valence-electron chi connectivity index (χ3n) is 6.23. The van der Waals surface area contributed by atoms with Crippen molar-refractivity contribution in [3.05, 3.63) is 53.9 Å². The summed E-state index contributed by atoms with van der Waals surface area (Å²) in [7, 11) is 0. The van der Waals surface area contributed by atoms with E-state index in [-0.39, 0.29) is 0 Å². The summed E-state index contributed by atoms with van der Waals surface area (Å²) in [6.45, 7) is 5.34. The average Bonchev–Trinajstić information content (AvgIpc) is 3.53. The molecule has 3 aliphatic rings. The summed E-state index contributed by atoms with van der Waals surface area (Å²) in [5, 5.41) is 20.0. The number of nitrogens with zero attached hydrogens (tertiary/aromatic N) is 4. The summed E-state index contributed by atoms with van der Waals surface area (Å²) in [5.74, 6) is 1.98. The second kappa shape index (κ2) is 7.95. The number of hydrogen-bond donors (Lipinski definition) is 2. The number of rotatable bonds is 4. The van der Waals surface area contributed by atoms with Crippen LogP contribution in [-0.4, -0.2) is 52.3 Å². The van der Waals surface area contributed by atoms with E-state index < -0.39 is 0 Å². The van der Waals surface area contributed by atoms with Crippen molar-refractivity contribution < 1.29 is 0 Å². The van der Waals surface area contributed by atoms with Gasteiger partial charge in [-0.2, -0.15) is 5.10 Å². The van der Waals surface area contributed by atoms with Crippen LogP contribution in [0.4, 0.5) is 0 Å². The van der Waals surface area contributed by atoms with Gasteiger partial charge < -0.3 is 10.2 Å². The van der Waals surface area contributed by atoms with Gasteiger partial charge in [-0.1, -0.05) is 36.8 Å². The van der Waals surface area contributed by atoms with Crippen molar-refractivity contribution in [3.63, 3.8) is 0 Å². The van der Waals surface area contributed by atoms with Crippen molar-refractivity contribution in [2.24, 2.45) is 16.1 Å². The zero-order valence-corrected chi connectivity index (χ0v) is 16.9. The molecule has 2 N–H and O–H groups in total. The minimum atomic E-state index is 0.614. The molecule has 5 rings (SSSR count). The van der Waals surface area contributed by atoms with Crippen LogP contribution in [0.2, 0.25) is 0 Å². The summed E-state index contributed by atoms with van der Waals surface area (Å²) < 4.78 is 0. The molecule has 6 heteroatoms. The van der Waals surface area contributed by atoms with Gasteiger partial charge >= 0.3 is 0 Å². The molecule has 0 radical (unpaired) electrons. The predicted molar refractivity (Wildman–Crippen MR) is 117 cm³/mol. The molecule has 2 aliphatic heterocycles. The van der Waals surface area contributed by atoms with Crippen LogP contribution in [0.25, 0.3) is 11.1 Å². The molecule has 1 aliphatic carbocycles. The Morgan fingerprint density at radius 3 is 2.62 bits per heavy atom. The maximum absolute atomic E-state index is 4.73. The van der Waals surface area contributed by atoms with E-state index in [0.717, 1.165) is 66.6 Å². The number of amidine groups is 1. The van der Waals surface area contributed by atoms with Crippen LogP contribution >= 0.6 is 0 Å². The normalized spacial score (nSPS) is 22.6. The smallest absolute Gasteiger partial charge is 0.131 e. The third kappa shape index (κ3) is 4.03. The SMILES string of the molecule is CCC1=CC(c2ccc(-c3cn[nH]c3)cc2)=NN=C(N2CCNC(C3CC3)C2)C1. The number of nitrogens with one attached hydrogen (secondary N) is 2. The molecule has 6 nitrogen and oxygen atoms in total. The summed E-state index contributed by atoms with van der Waals surface area (Å²) in [6, 6.07) is 9.10. The molecule has 1 aromatic heterocycles. The van der Waals surface area contributed by atoms with E-state index >= 15 is 0 Å². The van der Waals surface area contributed by atoms with Crippen molar-refractivity contribution in [2.45, 2.75) is 38.6 Å². The fourth-order valence-electron chi connectivity index (χ4n) is 4.24. The van der Waals surface area contributed by atoms with E-state index in [1.165, 1.54) is 18.4 Å². The van der Waals surface area contributed by atoms with Gasteiger partial charge in [-0.05, 0) is 36.8 Å². The third-order valence-corrected chi connectivity index (χ3v) is 6.23. The summed E-state index contributed by atoms with van der Waals surface area (Å²) in [5.41, 5.74) is 5.68. The highest BCUT2D eigenvalue weighted by Gasteiger charge is 2.35. The van der Waals surface area contributed by atoms with E-state index in [4.69, 9.17) is 5.10 Å². The van der Waals surface area contributed by atoms with Gasteiger partial charge in [0.05, 0.1) is 11.9 Å². The van der Waals surface area contributed by atoms with Gasteiger partial charge in [-0.3, -0.25) is 5.10 Å². The lowest BCUT2D eigenvalue weighted by Gasteiger charge is -2.35. The standard InChI is InChI=1S/C23H28N6/c1-2-16-11-21(18-5-3-17(4-6-18)20-13-25-26-14-20)27-28-23(12-16)29-10-9-24-22(15-29)19-7-8-19/h3-6,11,13-14,19,22,24H,2,7-10,12,15H2,1H3,(H,25,26). The van der Waals surface area contributed by atoms with Gasteiger partial charge in [0.1, 0.15) is 5.84 Å². The maximum Gasteiger partial charge on any atom is 0.131 e. The lowest BCUT2D eigenvalue weighted by molar-refractivity contribution is 0.269. The number of piperazine rings is 1. The number of aromatic nitrogens is 2. The Labute approximate surface area is 171 Å². The first-order valence-electron chi connectivity index (χ1n) is 10.7. The van der Waals surface area contributed by atoms with Gasteiger partial charge in [0, 0.05) is 49.4 Å². The molecule has 1 aromatic carbocycles. The van der Waals surface area contributed by atoms with E-state index in [0.29, 0.717) is 6.04 Å². The van der Waals surface area contributed by atoms with E-state index in [9.17, 15) is 0 Å². The topological polar surface area (TPSA) is 68.7 Å². The number of aromatic amines is 1. The molecule has 150 valence electrons. The molecule has 2 aromatic rings. The van der Waals surface area contributed by atoms with Gasteiger partial charge in [-0.25, -0.2) is 0 Å². The minimum Gasteiger partial charge on any atom is -0.355 e. The maximum atomic E-state index is 4.73. The van der Waals surface area contributed by atoms with Crippen molar-refractivity contribution in [1.82, 2.24) is 20.4 Å². The highest BCUT2D eigenvalue weighted by Crippen LogP contribution is 2.34. The van der Waals surface area contributed by atoms with Gasteiger partial charge in [0.25, 0.3) is 0 Å². The Kier molecular flexibility index (Phi) is 5.02. The predicted octanol–water partition coefficient (Wildman–Crippen LogP) is 3.60. The first kappa shape index (κ1) is 18.3. The number of hydrogen-bond acceptors (Lipinski definition) is 5. The summed E-state index contributed by atoms with van der Waals surface area (Å²) in [4.78, 5) is 2.46. The van der Waals surface area contributed by atoms with Gasteiger partial charge in [0.2, 0.25) is 0 Å². The minimum absolute atomic E-state index is 0.614. The van der Waals surface area contributed by atoms with E-state index in [1.807, 2.05) is 12.4 Å². The quantitative estimate of drug-likeness (QED) is 0.841. The Balaban J connectivity index is 1.39. The van der Waals surface area contributed by atoms with Crippen LogP contribution < -0.4 is 5.32 Å². The lowest BCUT2D eigenvalue weighted by atomic mass is 10.0. The van der Waals surface area contributed by atoms with Crippen LogP contribution in [0.15, 0.2) is 58.5 Å². The van der Waals surface area contributed by atoms with Crippen LogP contribution in [0.3, 0.4) is 0 Å². The fourth-order valence-corrected chi connectivity index (χ4v) is 4.24. The highest BCUT2D eigenvalue weighted by molar-refractivity contribution is 6.10. The fraction of sp³-hybridized carbons (Fsp3) is 0.435. The van der Waals surface area contributed by atoms with Crippen molar-refractivity contribution in [3.8, 4) is 11.1 Å². The molecule has 1 saturated heterocycles. The first-order valence-corrected chi connectivity index (χ1v) is 10.7. The second-order valence-corrected chi connectivity index (χ2v) is 8.24. The number of H-pyrrole nitrogens is 1. The molecule has 1 saturated carbocycles. The Hall–Kier alpha value is -2.73. The molecule has 0 spiro atoms. The van der Waals surface area contributed by atoms with Crippen molar-refractivity contribution in [1.29, 1.82) is 0 Å². The van der Waals surface area contributed by atoms with Crippen LogP contribution in [0.5, 0.6) is 0 Å². The van der Waals surface area contributed by atoms with Crippen LogP contribution in [0, 0.1) is 5.92 Å². The zero-order chi connectivity index (χ0) is 19.6. The van der Waals surface area contributed by atoms with Crippen LogP contribution in [-0.2, 0) is 0 Å². The van der Waals surface area contributed by atoms with Crippen molar-refractivity contribution >= 4 is 11.5 Å². The van der Waals surface area contributed by atoms with Gasteiger partial charge in [-0.15, -0.1) is 10.2 Å². The van der Waals surface area contributed by atoms with Crippen LogP contribution in [0.1, 0.15) is 38.2 Å². The number of benzene rings is 1. The largest absolute Gasteiger partial charge is 0.355 e. The Bertz CT molecular complexity index is 934. The molecule has 0 bridgehead atoms. The van der Waals surface area contributed by atoms with Crippen molar-refractivity contribution in [2.75, 3.05) is 19.6 Å². The average molecular weight is 389 g/mol. The molecular weight excluding hydrogens is 360 g/mol. The molecule has 0 amide bonds. The van der Waals surface area contributed by atoms with Gasteiger partial charge in [0.15, 0.2) is 0 Å². The zero-order valence-electron chi connectivity index (χ0n) is 16.9. The number of allylic oxidation sites excluding steroid dienone is 1. The molecule has 1 atom stereocenters. The van der Waals surface area contributed by atoms with E-state index in [1.54, 1.807) is 0 Å². The lowest BCUT2D eigenvalue weighted by Crippen LogP contribution is -2.53. The molecule has 3 heterocycles. The molecule has 29 heavy (non-hydrogen) atoms. The summed E-state index contributed by atoms with van der Waals surface area (Å²) in [6.07, 6.45) is 10.6. The Morgan fingerprint density at radius 2 is 1.90 bits per heavy atom. The summed E-state index contributed by atoms with van der Waals surface area (Å²) >= 11 is 0. The molecular formula is C23H28N6. The first-order chi connectivity index (χ1) is 14.3. The van der Waals surface area contributed by atoms with E-state index in [2.05, 4.69) is 62.8 Å². The highest BCUT2D eigenvalue weighted by atomic mass is 15.3. The molecule has 1 unspecified atom stereocenters. The second-order valence-electron chi connectivity index (χ2n) is 8.24. The Morgan fingerprint density at radius 1 is 1.07 bits per heavy atom. The molecule has 2 fully saturated rings.